The molecular weight excluding hydrogens is 300 g/mol. The highest BCUT2D eigenvalue weighted by molar-refractivity contribution is 6.30. The minimum absolute atomic E-state index is 0.296. The molecule has 110 valence electrons. The molecule has 0 amide bonds. The van der Waals surface area contributed by atoms with Crippen LogP contribution in [0.15, 0.2) is 42.5 Å². The van der Waals surface area contributed by atoms with Gasteiger partial charge in [0.15, 0.2) is 5.54 Å². The molecule has 2 rings (SSSR count). The second kappa shape index (κ2) is 5.69. The molecule has 0 aliphatic carbocycles. The van der Waals surface area contributed by atoms with E-state index in [1.165, 1.54) is 13.0 Å². The predicted octanol–water partition coefficient (Wildman–Crippen LogP) is 4.03. The Kier molecular flexibility index (Phi) is 4.14. The first-order valence-corrected chi connectivity index (χ1v) is 6.43. The van der Waals surface area contributed by atoms with E-state index in [4.69, 9.17) is 11.6 Å². The summed E-state index contributed by atoms with van der Waals surface area (Å²) in [7, 11) is 0. The lowest BCUT2D eigenvalue weighted by atomic mass is 9.91. The van der Waals surface area contributed by atoms with E-state index in [-0.39, 0.29) is 5.56 Å². The van der Waals surface area contributed by atoms with Crippen LogP contribution in [0.3, 0.4) is 0 Å². The molecule has 2 aromatic carbocycles. The Hall–Kier alpha value is -2.14. The molecule has 0 aliphatic heterocycles. The number of anilines is 1. The van der Waals surface area contributed by atoms with E-state index in [0.717, 1.165) is 18.2 Å². The standard InChI is InChI=1S/C15H12ClF2NO2/c1-15(14(20)21,12-8-10(17)5-6-13(12)18)19-11-4-2-3-9(16)7-11/h2-8,19H,1H3,(H,20,21). The summed E-state index contributed by atoms with van der Waals surface area (Å²) in [5.41, 5.74) is -1.75. The third-order valence-corrected chi connectivity index (χ3v) is 3.35. The molecule has 2 N–H and O–H groups in total. The van der Waals surface area contributed by atoms with Gasteiger partial charge in [0.05, 0.1) is 0 Å². The van der Waals surface area contributed by atoms with Crippen molar-refractivity contribution in [3.05, 3.63) is 64.7 Å². The van der Waals surface area contributed by atoms with Crippen LogP contribution < -0.4 is 5.32 Å². The topological polar surface area (TPSA) is 49.3 Å². The summed E-state index contributed by atoms with van der Waals surface area (Å²) in [5.74, 6) is -2.87. The van der Waals surface area contributed by atoms with Gasteiger partial charge in [-0.1, -0.05) is 17.7 Å². The summed E-state index contributed by atoms with van der Waals surface area (Å²) in [6.45, 7) is 1.26. The van der Waals surface area contributed by atoms with Crippen LogP contribution in [0.2, 0.25) is 5.02 Å². The van der Waals surface area contributed by atoms with E-state index >= 15 is 0 Å². The fraction of sp³-hybridized carbons (Fsp3) is 0.133. The van der Waals surface area contributed by atoms with Crippen molar-refractivity contribution in [1.82, 2.24) is 0 Å². The Bertz CT molecular complexity index is 693. The monoisotopic (exact) mass is 311 g/mol. The molecule has 0 spiro atoms. The molecule has 6 heteroatoms. The van der Waals surface area contributed by atoms with Crippen LogP contribution in [-0.2, 0) is 10.3 Å². The fourth-order valence-corrected chi connectivity index (χ4v) is 2.16. The smallest absolute Gasteiger partial charge is 0.333 e. The number of rotatable bonds is 4. The molecule has 3 nitrogen and oxygen atoms in total. The van der Waals surface area contributed by atoms with Gasteiger partial charge in [0.1, 0.15) is 11.6 Å². The first kappa shape index (κ1) is 15.3. The van der Waals surface area contributed by atoms with Gasteiger partial charge < -0.3 is 10.4 Å². The van der Waals surface area contributed by atoms with Gasteiger partial charge in [0.25, 0.3) is 0 Å². The van der Waals surface area contributed by atoms with Gasteiger partial charge in [0, 0.05) is 16.3 Å². The van der Waals surface area contributed by atoms with Crippen molar-refractivity contribution in [2.45, 2.75) is 12.5 Å². The van der Waals surface area contributed by atoms with E-state index in [9.17, 15) is 18.7 Å². The van der Waals surface area contributed by atoms with E-state index in [2.05, 4.69) is 5.32 Å². The average molecular weight is 312 g/mol. The second-order valence-corrected chi connectivity index (χ2v) is 5.13. The summed E-state index contributed by atoms with van der Waals surface area (Å²) >= 11 is 5.83. The molecule has 1 unspecified atom stereocenters. The zero-order chi connectivity index (χ0) is 15.6. The molecule has 0 aromatic heterocycles. The van der Waals surface area contributed by atoms with Crippen LogP contribution in [0.25, 0.3) is 0 Å². The van der Waals surface area contributed by atoms with Gasteiger partial charge in [-0.05, 0) is 43.3 Å². The van der Waals surface area contributed by atoms with Crippen LogP contribution in [0.1, 0.15) is 12.5 Å². The lowest BCUT2D eigenvalue weighted by molar-refractivity contribution is -0.142. The maximum Gasteiger partial charge on any atom is 0.333 e. The van der Waals surface area contributed by atoms with Gasteiger partial charge >= 0.3 is 5.97 Å². The molecule has 0 aliphatic rings. The van der Waals surface area contributed by atoms with Gasteiger partial charge in [0.2, 0.25) is 0 Å². The summed E-state index contributed by atoms with van der Waals surface area (Å²) in [4.78, 5) is 11.6. The van der Waals surface area contributed by atoms with Gasteiger partial charge in [-0.3, -0.25) is 0 Å². The summed E-state index contributed by atoms with van der Waals surface area (Å²) in [6.07, 6.45) is 0. The Balaban J connectivity index is 2.50. The maximum absolute atomic E-state index is 13.9. The summed E-state index contributed by atoms with van der Waals surface area (Å²) < 4.78 is 27.2. The van der Waals surface area contributed by atoms with Crippen molar-refractivity contribution >= 4 is 23.3 Å². The van der Waals surface area contributed by atoms with Crippen LogP contribution in [0.5, 0.6) is 0 Å². The summed E-state index contributed by atoms with van der Waals surface area (Å²) in [5, 5.41) is 12.5. The van der Waals surface area contributed by atoms with Crippen LogP contribution >= 0.6 is 11.6 Å². The van der Waals surface area contributed by atoms with Gasteiger partial charge in [-0.2, -0.15) is 0 Å². The van der Waals surface area contributed by atoms with Gasteiger partial charge in [-0.25, -0.2) is 13.6 Å². The molecule has 2 aromatic rings. The van der Waals surface area contributed by atoms with Crippen molar-refractivity contribution in [3.63, 3.8) is 0 Å². The minimum atomic E-state index is -1.84. The van der Waals surface area contributed by atoms with Crippen LogP contribution in [-0.4, -0.2) is 11.1 Å². The van der Waals surface area contributed by atoms with Crippen molar-refractivity contribution < 1.29 is 18.7 Å². The van der Waals surface area contributed by atoms with Crippen LogP contribution in [0, 0.1) is 11.6 Å². The molecule has 0 saturated carbocycles. The Morgan fingerprint density at radius 3 is 2.57 bits per heavy atom. The third-order valence-electron chi connectivity index (χ3n) is 3.11. The van der Waals surface area contributed by atoms with Crippen molar-refractivity contribution in [1.29, 1.82) is 0 Å². The molecule has 0 saturated heterocycles. The van der Waals surface area contributed by atoms with Crippen LogP contribution in [0.4, 0.5) is 14.5 Å². The van der Waals surface area contributed by atoms with E-state index in [0.29, 0.717) is 10.7 Å². The molecule has 21 heavy (non-hydrogen) atoms. The number of benzene rings is 2. The number of halogens is 3. The van der Waals surface area contributed by atoms with E-state index < -0.39 is 23.1 Å². The first-order chi connectivity index (χ1) is 9.83. The van der Waals surface area contributed by atoms with Crippen molar-refractivity contribution in [2.75, 3.05) is 5.32 Å². The number of carbonyl (C=O) groups is 1. The predicted molar refractivity (Wildman–Crippen MR) is 76.4 cm³/mol. The average Bonchev–Trinajstić information content (AvgIpc) is 2.41. The molecule has 0 heterocycles. The first-order valence-electron chi connectivity index (χ1n) is 6.05. The van der Waals surface area contributed by atoms with Gasteiger partial charge in [-0.15, -0.1) is 0 Å². The SMILES string of the molecule is CC(Nc1cccc(Cl)c1)(C(=O)O)c1cc(F)ccc1F. The largest absolute Gasteiger partial charge is 0.479 e. The second-order valence-electron chi connectivity index (χ2n) is 4.69. The molecule has 0 bridgehead atoms. The zero-order valence-corrected chi connectivity index (χ0v) is 11.8. The highest BCUT2D eigenvalue weighted by Gasteiger charge is 2.38. The number of hydrogen-bond acceptors (Lipinski definition) is 2. The van der Waals surface area contributed by atoms with E-state index in [1.54, 1.807) is 18.2 Å². The molecule has 0 fully saturated rings. The number of aliphatic carboxylic acids is 1. The Morgan fingerprint density at radius 1 is 1.24 bits per heavy atom. The zero-order valence-electron chi connectivity index (χ0n) is 11.0. The number of hydrogen-bond donors (Lipinski definition) is 2. The molecule has 1 atom stereocenters. The van der Waals surface area contributed by atoms with E-state index in [1.807, 2.05) is 0 Å². The molecule has 0 radical (unpaired) electrons. The highest BCUT2D eigenvalue weighted by Crippen LogP contribution is 2.30. The normalized spacial score (nSPS) is 13.5. The number of carboxylic acid groups (broad SMARTS) is 1. The van der Waals surface area contributed by atoms with Crippen molar-refractivity contribution in [3.8, 4) is 0 Å². The molecular formula is C15H12ClF2NO2. The minimum Gasteiger partial charge on any atom is -0.479 e. The third kappa shape index (κ3) is 3.13. The Labute approximate surface area is 125 Å². The fourth-order valence-electron chi connectivity index (χ4n) is 1.97. The maximum atomic E-state index is 13.9. The quantitative estimate of drug-likeness (QED) is 0.896. The summed E-state index contributed by atoms with van der Waals surface area (Å²) in [6, 6.07) is 9.01. The number of nitrogens with one attached hydrogen (secondary N) is 1. The highest BCUT2D eigenvalue weighted by atomic mass is 35.5. The number of carboxylic acids is 1. The Morgan fingerprint density at radius 2 is 1.95 bits per heavy atom. The lowest BCUT2D eigenvalue weighted by Gasteiger charge is -2.28. The van der Waals surface area contributed by atoms with Crippen molar-refractivity contribution in [2.24, 2.45) is 0 Å². The lowest BCUT2D eigenvalue weighted by Crippen LogP contribution is -2.41.